The van der Waals surface area contributed by atoms with Crippen LogP contribution in [-0.2, 0) is 27.9 Å². The number of phosphoric ester groups is 1. The lowest BCUT2D eigenvalue weighted by Gasteiger charge is -2.24. The Balaban J connectivity index is 4.14. The third kappa shape index (κ3) is 34.8. The molecule has 9 heteroatoms. The van der Waals surface area contributed by atoms with Gasteiger partial charge in [-0.2, -0.15) is 0 Å². The SMILES string of the molecule is CCCCCCCCCCCCCCCCCCCC(=O)OC(COCCCCCCCCC)COP(=O)(O)OCC[N+](C)(C)C. The van der Waals surface area contributed by atoms with Gasteiger partial charge in [0.1, 0.15) is 19.3 Å². The van der Waals surface area contributed by atoms with Gasteiger partial charge in [-0.15, -0.1) is 0 Å². The molecule has 8 nitrogen and oxygen atoms in total. The van der Waals surface area contributed by atoms with Crippen molar-refractivity contribution >= 4 is 13.8 Å². The lowest BCUT2D eigenvalue weighted by atomic mass is 10.0. The van der Waals surface area contributed by atoms with Gasteiger partial charge in [-0.1, -0.05) is 155 Å². The van der Waals surface area contributed by atoms with Gasteiger partial charge in [0, 0.05) is 13.0 Å². The van der Waals surface area contributed by atoms with Gasteiger partial charge >= 0.3 is 13.8 Å². The Bertz CT molecular complexity index is 716. The Morgan fingerprint density at radius 2 is 1.00 bits per heavy atom. The van der Waals surface area contributed by atoms with Crippen molar-refractivity contribution in [1.29, 1.82) is 0 Å². The Hall–Kier alpha value is -0.500. The fraction of sp³-hybridized carbons (Fsp3) is 0.973. The van der Waals surface area contributed by atoms with Gasteiger partial charge in [-0.25, -0.2) is 4.57 Å². The number of unbranched alkanes of at least 4 members (excludes halogenated alkanes) is 22. The predicted molar refractivity (Wildman–Crippen MR) is 192 cm³/mol. The summed E-state index contributed by atoms with van der Waals surface area (Å²) in [6, 6.07) is 0. The maximum Gasteiger partial charge on any atom is 0.472 e. The molecule has 0 spiro atoms. The highest BCUT2D eigenvalue weighted by Crippen LogP contribution is 2.43. The Kier molecular flexibility index (Phi) is 31.4. The van der Waals surface area contributed by atoms with Crippen LogP contribution in [0.25, 0.3) is 0 Å². The number of carbonyl (C=O) groups excluding carboxylic acids is 1. The minimum atomic E-state index is -4.25. The molecule has 0 radical (unpaired) electrons. The average molecular weight is 679 g/mol. The molecule has 0 heterocycles. The molecule has 2 atom stereocenters. The largest absolute Gasteiger partial charge is 0.472 e. The highest BCUT2D eigenvalue weighted by atomic mass is 31.2. The summed E-state index contributed by atoms with van der Waals surface area (Å²) in [7, 11) is 1.68. The zero-order valence-electron chi connectivity index (χ0n) is 31.1. The van der Waals surface area contributed by atoms with Crippen LogP contribution in [-0.4, -0.2) is 75.6 Å². The number of hydrogen-bond donors (Lipinski definition) is 1. The Labute approximate surface area is 285 Å². The van der Waals surface area contributed by atoms with Crippen LogP contribution in [0.15, 0.2) is 0 Å². The van der Waals surface area contributed by atoms with Crippen LogP contribution in [0.1, 0.15) is 174 Å². The Morgan fingerprint density at radius 1 is 0.587 bits per heavy atom. The highest BCUT2D eigenvalue weighted by Gasteiger charge is 2.26. The van der Waals surface area contributed by atoms with E-state index in [9.17, 15) is 14.3 Å². The maximum absolute atomic E-state index is 12.6. The molecule has 0 aliphatic heterocycles. The summed E-state index contributed by atoms with van der Waals surface area (Å²) < 4.78 is 34.7. The molecule has 0 saturated carbocycles. The molecular weight excluding hydrogens is 601 g/mol. The summed E-state index contributed by atoms with van der Waals surface area (Å²) in [5, 5.41) is 0. The van der Waals surface area contributed by atoms with Crippen LogP contribution in [0.4, 0.5) is 0 Å². The summed E-state index contributed by atoms with van der Waals surface area (Å²) in [6.45, 7) is 5.62. The third-order valence-electron chi connectivity index (χ3n) is 8.42. The van der Waals surface area contributed by atoms with Gasteiger partial charge in [-0.05, 0) is 12.8 Å². The molecule has 0 fully saturated rings. The van der Waals surface area contributed by atoms with Crippen molar-refractivity contribution in [2.45, 2.75) is 180 Å². The molecule has 0 aliphatic carbocycles. The second-order valence-electron chi connectivity index (χ2n) is 14.3. The minimum Gasteiger partial charge on any atom is -0.457 e. The zero-order valence-corrected chi connectivity index (χ0v) is 32.0. The lowest BCUT2D eigenvalue weighted by Crippen LogP contribution is -2.37. The molecule has 0 aromatic rings. The first-order chi connectivity index (χ1) is 22.1. The molecule has 0 saturated heterocycles. The second kappa shape index (κ2) is 31.7. The van der Waals surface area contributed by atoms with Crippen LogP contribution >= 0.6 is 7.82 Å². The van der Waals surface area contributed by atoms with E-state index in [1.165, 1.54) is 122 Å². The summed E-state index contributed by atoms with van der Waals surface area (Å²) in [5.74, 6) is -0.312. The molecule has 0 aliphatic rings. The van der Waals surface area contributed by atoms with E-state index in [2.05, 4.69) is 13.8 Å². The number of nitrogens with zero attached hydrogens (tertiary/aromatic N) is 1. The molecule has 2 unspecified atom stereocenters. The van der Waals surface area contributed by atoms with Crippen LogP contribution in [0.5, 0.6) is 0 Å². The molecule has 46 heavy (non-hydrogen) atoms. The van der Waals surface area contributed by atoms with E-state index >= 15 is 0 Å². The molecule has 0 amide bonds. The van der Waals surface area contributed by atoms with Crippen molar-refractivity contribution in [2.75, 3.05) is 54.1 Å². The van der Waals surface area contributed by atoms with Crippen LogP contribution in [0, 0.1) is 0 Å². The van der Waals surface area contributed by atoms with Crippen LogP contribution in [0.3, 0.4) is 0 Å². The van der Waals surface area contributed by atoms with Gasteiger partial charge in [0.15, 0.2) is 0 Å². The Morgan fingerprint density at radius 3 is 1.43 bits per heavy atom. The first kappa shape index (κ1) is 45.5. The van der Waals surface area contributed by atoms with E-state index in [4.69, 9.17) is 18.5 Å². The fourth-order valence-electron chi connectivity index (χ4n) is 5.38. The van der Waals surface area contributed by atoms with Gasteiger partial charge in [-0.3, -0.25) is 13.8 Å². The van der Waals surface area contributed by atoms with Crippen molar-refractivity contribution in [3.63, 3.8) is 0 Å². The first-order valence-electron chi connectivity index (χ1n) is 19.3. The average Bonchev–Trinajstić information content (AvgIpc) is 2.99. The summed E-state index contributed by atoms with van der Waals surface area (Å²) >= 11 is 0. The molecule has 0 aromatic carbocycles. The van der Waals surface area contributed by atoms with E-state index in [-0.39, 0.29) is 25.8 Å². The van der Waals surface area contributed by atoms with Gasteiger partial charge in [0.25, 0.3) is 0 Å². The molecular formula is C37H77NO7P+. The summed E-state index contributed by atoms with van der Waals surface area (Å²) in [6.07, 6.45) is 29.9. The van der Waals surface area contributed by atoms with Gasteiger partial charge in [0.05, 0.1) is 34.4 Å². The summed E-state index contributed by atoms with van der Waals surface area (Å²) in [4.78, 5) is 22.7. The van der Waals surface area contributed by atoms with E-state index < -0.39 is 13.9 Å². The van der Waals surface area contributed by atoms with Crippen molar-refractivity contribution in [1.82, 2.24) is 0 Å². The standard InChI is InChI=1S/C37H76NO7P/c1-6-8-10-12-14-15-16-17-18-19-20-21-22-23-24-26-28-30-37(39)45-36(34-42-32-29-27-25-13-11-9-7-2)35-44-46(40,41)43-33-31-38(3,4)5/h36H,6-35H2,1-5H3/p+1. The molecule has 276 valence electrons. The molecule has 1 N–H and O–H groups in total. The smallest absolute Gasteiger partial charge is 0.457 e. The zero-order chi connectivity index (χ0) is 34.2. The monoisotopic (exact) mass is 679 g/mol. The minimum absolute atomic E-state index is 0.0931. The summed E-state index contributed by atoms with van der Waals surface area (Å²) in [5.41, 5.74) is 0. The number of phosphoric acid groups is 1. The van der Waals surface area contributed by atoms with E-state index in [1.54, 1.807) is 0 Å². The topological polar surface area (TPSA) is 91.3 Å². The van der Waals surface area contributed by atoms with Gasteiger partial charge < -0.3 is 18.9 Å². The van der Waals surface area contributed by atoms with Crippen molar-refractivity contribution in [2.24, 2.45) is 0 Å². The highest BCUT2D eigenvalue weighted by molar-refractivity contribution is 7.47. The number of carbonyl (C=O) groups is 1. The first-order valence-corrected chi connectivity index (χ1v) is 20.8. The van der Waals surface area contributed by atoms with Crippen molar-refractivity contribution in [3.8, 4) is 0 Å². The molecule has 0 rings (SSSR count). The fourth-order valence-corrected chi connectivity index (χ4v) is 6.12. The van der Waals surface area contributed by atoms with Crippen LogP contribution < -0.4 is 0 Å². The number of hydrogen-bond acceptors (Lipinski definition) is 6. The molecule has 0 aromatic heterocycles. The molecule has 0 bridgehead atoms. The third-order valence-corrected chi connectivity index (χ3v) is 9.40. The normalized spacial score (nSPS) is 14.0. The number of quaternary nitrogens is 1. The lowest BCUT2D eigenvalue weighted by molar-refractivity contribution is -0.870. The van der Waals surface area contributed by atoms with E-state index in [0.29, 0.717) is 24.1 Å². The van der Waals surface area contributed by atoms with Crippen LogP contribution in [0.2, 0.25) is 0 Å². The number of likely N-dealkylation sites (N-methyl/N-ethyl adjacent to an activating group) is 1. The quantitative estimate of drug-likeness (QED) is 0.0305. The number of rotatable bonds is 36. The van der Waals surface area contributed by atoms with Gasteiger partial charge in [0.2, 0.25) is 0 Å². The second-order valence-corrected chi connectivity index (χ2v) is 15.8. The van der Waals surface area contributed by atoms with E-state index in [1.807, 2.05) is 21.1 Å². The van der Waals surface area contributed by atoms with Crippen molar-refractivity contribution in [3.05, 3.63) is 0 Å². The predicted octanol–water partition coefficient (Wildman–Crippen LogP) is 10.5. The number of esters is 1. The van der Waals surface area contributed by atoms with E-state index in [0.717, 1.165) is 32.1 Å². The van der Waals surface area contributed by atoms with Crippen molar-refractivity contribution < 1.29 is 37.3 Å². The number of ether oxygens (including phenoxy) is 2. The maximum atomic E-state index is 12.6.